The van der Waals surface area contributed by atoms with Gasteiger partial charge in [0, 0.05) is 29.8 Å². The third-order valence-electron chi connectivity index (χ3n) is 2.43. The van der Waals surface area contributed by atoms with Crippen LogP contribution < -0.4 is 10.6 Å². The highest BCUT2D eigenvalue weighted by atomic mass is 32.1. The van der Waals surface area contributed by atoms with Gasteiger partial charge < -0.3 is 10.4 Å². The van der Waals surface area contributed by atoms with Crippen LogP contribution >= 0.6 is 11.3 Å². The highest BCUT2D eigenvalue weighted by molar-refractivity contribution is 7.13. The Morgan fingerprint density at radius 3 is 2.90 bits per heavy atom. The van der Waals surface area contributed by atoms with E-state index in [1.165, 1.54) is 17.5 Å². The molecule has 20 heavy (non-hydrogen) atoms. The number of rotatable bonds is 4. The third-order valence-corrected chi connectivity index (χ3v) is 3.12. The number of hydrogen-bond donors (Lipinski definition) is 3. The van der Waals surface area contributed by atoms with E-state index in [2.05, 4.69) is 15.6 Å². The number of aliphatic hydroxyl groups excluding tert-OH is 1. The normalized spacial score (nSPS) is 11.9. The predicted octanol–water partition coefficient (Wildman–Crippen LogP) is 2.28. The summed E-state index contributed by atoms with van der Waals surface area (Å²) in [5.74, 6) is -1.59. The van der Waals surface area contributed by atoms with Gasteiger partial charge in [-0.05, 0) is 6.07 Å². The van der Waals surface area contributed by atoms with E-state index >= 15 is 0 Å². The molecule has 2 rings (SSSR count). The van der Waals surface area contributed by atoms with Crippen molar-refractivity contribution in [2.75, 3.05) is 11.9 Å². The van der Waals surface area contributed by atoms with E-state index in [1.54, 1.807) is 5.38 Å². The van der Waals surface area contributed by atoms with Crippen molar-refractivity contribution < 1.29 is 18.7 Å². The summed E-state index contributed by atoms with van der Waals surface area (Å²) < 4.78 is 26.1. The number of amides is 2. The zero-order valence-electron chi connectivity index (χ0n) is 10.1. The molecule has 1 aromatic heterocycles. The van der Waals surface area contributed by atoms with Gasteiger partial charge >= 0.3 is 6.03 Å². The Hall–Kier alpha value is -2.06. The molecule has 2 amide bonds. The lowest BCUT2D eigenvalue weighted by atomic mass is 10.1. The lowest BCUT2D eigenvalue weighted by molar-refractivity contribution is 0.170. The summed E-state index contributed by atoms with van der Waals surface area (Å²) in [4.78, 5) is 15.3. The van der Waals surface area contributed by atoms with E-state index in [-0.39, 0.29) is 12.1 Å². The van der Waals surface area contributed by atoms with Gasteiger partial charge in [-0.25, -0.2) is 18.6 Å². The number of thiazole rings is 1. The minimum atomic E-state index is -1.27. The highest BCUT2D eigenvalue weighted by Gasteiger charge is 2.14. The van der Waals surface area contributed by atoms with Gasteiger partial charge in [-0.2, -0.15) is 0 Å². The van der Waals surface area contributed by atoms with Crippen molar-refractivity contribution in [2.24, 2.45) is 0 Å². The SMILES string of the molecule is O=C(NCC(O)c1ccc(F)cc1F)Nc1nccs1. The summed E-state index contributed by atoms with van der Waals surface area (Å²) in [7, 11) is 0. The average molecular weight is 299 g/mol. The van der Waals surface area contributed by atoms with Crippen LogP contribution in [0.4, 0.5) is 18.7 Å². The zero-order valence-corrected chi connectivity index (χ0v) is 11.0. The molecular weight excluding hydrogens is 288 g/mol. The molecule has 106 valence electrons. The summed E-state index contributed by atoms with van der Waals surface area (Å²) in [6.07, 6.45) is 0.265. The number of carbonyl (C=O) groups is 1. The fourth-order valence-electron chi connectivity index (χ4n) is 1.50. The number of urea groups is 1. The van der Waals surface area contributed by atoms with Gasteiger partial charge in [-0.15, -0.1) is 11.3 Å². The first-order chi connectivity index (χ1) is 9.56. The molecule has 0 fully saturated rings. The van der Waals surface area contributed by atoms with Crippen LogP contribution in [0.3, 0.4) is 0 Å². The monoisotopic (exact) mass is 299 g/mol. The molecule has 5 nitrogen and oxygen atoms in total. The van der Waals surface area contributed by atoms with Gasteiger partial charge in [-0.1, -0.05) is 6.07 Å². The molecule has 1 heterocycles. The van der Waals surface area contributed by atoms with Gasteiger partial charge in [0.15, 0.2) is 5.13 Å². The van der Waals surface area contributed by atoms with Gasteiger partial charge in [0.25, 0.3) is 0 Å². The molecule has 1 unspecified atom stereocenters. The lowest BCUT2D eigenvalue weighted by Crippen LogP contribution is -2.32. The van der Waals surface area contributed by atoms with Crippen molar-refractivity contribution in [1.82, 2.24) is 10.3 Å². The molecule has 1 aromatic carbocycles. The molecule has 0 aliphatic rings. The van der Waals surface area contributed by atoms with Crippen molar-refractivity contribution in [2.45, 2.75) is 6.10 Å². The van der Waals surface area contributed by atoms with Crippen LogP contribution in [0.1, 0.15) is 11.7 Å². The van der Waals surface area contributed by atoms with Gasteiger partial charge in [0.1, 0.15) is 11.6 Å². The number of halogens is 2. The number of nitrogens with zero attached hydrogens (tertiary/aromatic N) is 1. The van der Waals surface area contributed by atoms with E-state index in [0.717, 1.165) is 12.1 Å². The third kappa shape index (κ3) is 3.72. The second-order valence-electron chi connectivity index (χ2n) is 3.85. The van der Waals surface area contributed by atoms with E-state index in [9.17, 15) is 18.7 Å². The second kappa shape index (κ2) is 6.40. The summed E-state index contributed by atoms with van der Waals surface area (Å²) in [6, 6.07) is 2.28. The molecule has 1 atom stereocenters. The Kier molecular flexibility index (Phi) is 4.59. The molecule has 0 spiro atoms. The van der Waals surface area contributed by atoms with E-state index in [0.29, 0.717) is 11.2 Å². The number of aromatic nitrogens is 1. The Labute approximate surface area is 117 Å². The van der Waals surface area contributed by atoms with E-state index < -0.39 is 23.8 Å². The second-order valence-corrected chi connectivity index (χ2v) is 4.75. The molecular formula is C12H11F2N3O2S. The molecule has 0 radical (unpaired) electrons. The van der Waals surface area contributed by atoms with Crippen LogP contribution in [0.25, 0.3) is 0 Å². The fraction of sp³-hybridized carbons (Fsp3) is 0.167. The molecule has 0 saturated heterocycles. The van der Waals surface area contributed by atoms with E-state index in [1.807, 2.05) is 0 Å². The number of anilines is 1. The Morgan fingerprint density at radius 1 is 1.45 bits per heavy atom. The standard InChI is InChI=1S/C12H11F2N3O2S/c13-7-1-2-8(9(14)5-7)10(18)6-16-11(19)17-12-15-3-4-20-12/h1-5,10,18H,6H2,(H2,15,16,17,19). The zero-order chi connectivity index (χ0) is 14.5. The highest BCUT2D eigenvalue weighted by Crippen LogP contribution is 2.17. The minimum Gasteiger partial charge on any atom is -0.386 e. The molecule has 0 aliphatic heterocycles. The fourth-order valence-corrected chi connectivity index (χ4v) is 2.02. The molecule has 0 bridgehead atoms. The number of nitrogens with one attached hydrogen (secondary N) is 2. The van der Waals surface area contributed by atoms with Gasteiger partial charge in [0.05, 0.1) is 6.10 Å². The molecule has 0 saturated carbocycles. The maximum absolute atomic E-state index is 13.4. The van der Waals surface area contributed by atoms with Crippen LogP contribution in [0.2, 0.25) is 0 Å². The van der Waals surface area contributed by atoms with Crippen LogP contribution in [0, 0.1) is 11.6 Å². The van der Waals surface area contributed by atoms with Gasteiger partial charge in [-0.3, -0.25) is 5.32 Å². The Morgan fingerprint density at radius 2 is 2.25 bits per heavy atom. The topological polar surface area (TPSA) is 74.2 Å². The molecule has 2 aromatic rings. The minimum absolute atomic E-state index is 0.0825. The first-order valence-corrected chi connectivity index (χ1v) is 6.51. The summed E-state index contributed by atoms with van der Waals surface area (Å²) in [6.45, 7) is -0.209. The maximum Gasteiger partial charge on any atom is 0.321 e. The molecule has 8 heteroatoms. The number of hydrogen-bond acceptors (Lipinski definition) is 4. The summed E-state index contributed by atoms with van der Waals surface area (Å²) in [5, 5.41) is 16.7. The van der Waals surface area contributed by atoms with Crippen molar-refractivity contribution in [3.63, 3.8) is 0 Å². The van der Waals surface area contributed by atoms with Crippen LogP contribution in [-0.2, 0) is 0 Å². The lowest BCUT2D eigenvalue weighted by Gasteiger charge is -2.13. The molecule has 0 aliphatic carbocycles. The largest absolute Gasteiger partial charge is 0.386 e. The maximum atomic E-state index is 13.4. The number of benzene rings is 1. The smallest absolute Gasteiger partial charge is 0.321 e. The quantitative estimate of drug-likeness (QED) is 0.811. The Bertz CT molecular complexity index is 592. The van der Waals surface area contributed by atoms with Crippen molar-refractivity contribution >= 4 is 22.5 Å². The van der Waals surface area contributed by atoms with E-state index in [4.69, 9.17) is 0 Å². The van der Waals surface area contributed by atoms with Crippen molar-refractivity contribution in [3.8, 4) is 0 Å². The van der Waals surface area contributed by atoms with Crippen LogP contribution in [-0.4, -0.2) is 22.7 Å². The van der Waals surface area contributed by atoms with Crippen LogP contribution in [0.5, 0.6) is 0 Å². The first-order valence-electron chi connectivity index (χ1n) is 5.63. The van der Waals surface area contributed by atoms with Crippen molar-refractivity contribution in [1.29, 1.82) is 0 Å². The average Bonchev–Trinajstić information content (AvgIpc) is 2.89. The van der Waals surface area contributed by atoms with Crippen molar-refractivity contribution in [3.05, 3.63) is 47.0 Å². The Balaban J connectivity index is 1.88. The predicted molar refractivity (Wildman–Crippen MR) is 70.5 cm³/mol. The summed E-state index contributed by atoms with van der Waals surface area (Å²) in [5.41, 5.74) is -0.0825. The van der Waals surface area contributed by atoms with Crippen LogP contribution in [0.15, 0.2) is 29.8 Å². The van der Waals surface area contributed by atoms with Gasteiger partial charge in [0.2, 0.25) is 0 Å². The first kappa shape index (κ1) is 14.4. The molecule has 3 N–H and O–H groups in total. The summed E-state index contributed by atoms with van der Waals surface area (Å²) >= 11 is 1.24. The number of carbonyl (C=O) groups excluding carboxylic acids is 1. The number of aliphatic hydroxyl groups is 1.